The molecule has 4 nitrogen and oxygen atoms in total. The van der Waals surface area contributed by atoms with Gasteiger partial charge in [-0.05, 0) is 40.1 Å². The van der Waals surface area contributed by atoms with Gasteiger partial charge in [-0.25, -0.2) is 0 Å². The molecule has 4 heteroatoms. The molecule has 160 valence electrons. The van der Waals surface area contributed by atoms with Gasteiger partial charge in [0.2, 0.25) is 5.91 Å². The number of carbonyl (C=O) groups is 2. The minimum atomic E-state index is -1.34. The highest BCUT2D eigenvalue weighted by molar-refractivity contribution is 6.32. The minimum Gasteiger partial charge on any atom is -0.489 e. The van der Waals surface area contributed by atoms with Crippen LogP contribution in [0.5, 0.6) is 5.75 Å². The fourth-order valence-electron chi connectivity index (χ4n) is 5.02. The van der Waals surface area contributed by atoms with E-state index >= 15 is 0 Å². The van der Waals surface area contributed by atoms with Gasteiger partial charge in [-0.1, -0.05) is 78.9 Å². The Kier molecular flexibility index (Phi) is 4.24. The van der Waals surface area contributed by atoms with E-state index in [1.807, 2.05) is 84.9 Å². The second-order valence-corrected chi connectivity index (χ2v) is 8.54. The van der Waals surface area contributed by atoms with Crippen LogP contribution in [0.3, 0.4) is 0 Å². The van der Waals surface area contributed by atoms with Crippen LogP contribution in [0.2, 0.25) is 0 Å². The van der Waals surface area contributed by atoms with Gasteiger partial charge in [-0.15, -0.1) is 0 Å². The average Bonchev–Trinajstić information content (AvgIpc) is 3.08. The standard InChI is InChI=1S/C29H21NO3/c1-30-25-14-11-21-17-22(33-18-19-7-3-2-4-8-19)12-13-23(21)26(25)29(28(30)32)16-15-20-9-5-6-10-24(20)27(29)31/h2-17H,18H2,1H3/t29-/m0/s1. The topological polar surface area (TPSA) is 46.6 Å². The number of amides is 1. The summed E-state index contributed by atoms with van der Waals surface area (Å²) in [5.74, 6) is 0.354. The molecule has 0 unspecified atom stereocenters. The van der Waals surface area contributed by atoms with E-state index in [0.717, 1.165) is 38.9 Å². The van der Waals surface area contributed by atoms with Gasteiger partial charge >= 0.3 is 0 Å². The van der Waals surface area contributed by atoms with Gasteiger partial charge in [-0.3, -0.25) is 9.59 Å². The summed E-state index contributed by atoms with van der Waals surface area (Å²) >= 11 is 0. The quantitative estimate of drug-likeness (QED) is 0.400. The molecule has 1 aliphatic heterocycles. The predicted octanol–water partition coefficient (Wildman–Crippen LogP) is 5.54. The van der Waals surface area contributed by atoms with Crippen molar-refractivity contribution in [2.45, 2.75) is 12.0 Å². The van der Waals surface area contributed by atoms with E-state index < -0.39 is 5.41 Å². The van der Waals surface area contributed by atoms with Crippen molar-refractivity contribution < 1.29 is 14.3 Å². The second-order valence-electron chi connectivity index (χ2n) is 8.54. The highest BCUT2D eigenvalue weighted by Gasteiger charge is 2.55. The molecule has 1 spiro atoms. The predicted molar refractivity (Wildman–Crippen MR) is 130 cm³/mol. The smallest absolute Gasteiger partial charge is 0.249 e. The summed E-state index contributed by atoms with van der Waals surface area (Å²) in [7, 11) is 1.74. The first kappa shape index (κ1) is 19.5. The molecule has 4 aromatic carbocycles. The third-order valence-corrected chi connectivity index (χ3v) is 6.69. The van der Waals surface area contributed by atoms with E-state index in [-0.39, 0.29) is 11.7 Å². The van der Waals surface area contributed by atoms with Crippen LogP contribution < -0.4 is 9.64 Å². The monoisotopic (exact) mass is 431 g/mol. The molecule has 1 amide bonds. The van der Waals surface area contributed by atoms with Crippen molar-refractivity contribution >= 4 is 34.2 Å². The normalized spacial score (nSPS) is 18.6. The lowest BCUT2D eigenvalue weighted by atomic mass is 9.70. The van der Waals surface area contributed by atoms with Crippen molar-refractivity contribution in [1.82, 2.24) is 0 Å². The molecule has 0 N–H and O–H groups in total. The lowest BCUT2D eigenvalue weighted by molar-refractivity contribution is -0.120. The third kappa shape index (κ3) is 2.77. The van der Waals surface area contributed by atoms with E-state index in [9.17, 15) is 9.59 Å². The molecule has 0 radical (unpaired) electrons. The SMILES string of the molecule is CN1C(=O)[C@@]2(C=Cc3ccccc3C2=O)c2c1ccc1cc(OCc3ccccc3)ccc21. The van der Waals surface area contributed by atoms with Gasteiger partial charge in [0.15, 0.2) is 11.2 Å². The van der Waals surface area contributed by atoms with Crippen LogP contribution >= 0.6 is 0 Å². The Hall–Kier alpha value is -4.18. The number of fused-ring (bicyclic) bond motifs is 5. The number of carbonyl (C=O) groups excluding carboxylic acids is 2. The summed E-state index contributed by atoms with van der Waals surface area (Å²) in [6.45, 7) is 0.473. The Morgan fingerprint density at radius 3 is 2.52 bits per heavy atom. The maximum atomic E-state index is 13.8. The lowest BCUT2D eigenvalue weighted by Gasteiger charge is -2.28. The molecule has 33 heavy (non-hydrogen) atoms. The molecule has 1 atom stereocenters. The zero-order valence-corrected chi connectivity index (χ0v) is 18.1. The maximum absolute atomic E-state index is 13.8. The van der Waals surface area contributed by atoms with Crippen LogP contribution in [0.25, 0.3) is 16.8 Å². The molecule has 2 aliphatic rings. The zero-order chi connectivity index (χ0) is 22.6. The Morgan fingerprint density at radius 1 is 0.879 bits per heavy atom. The Balaban J connectivity index is 1.47. The first-order valence-corrected chi connectivity index (χ1v) is 10.9. The number of ether oxygens (including phenoxy) is 1. The molecule has 0 saturated carbocycles. The van der Waals surface area contributed by atoms with Crippen LogP contribution in [0.15, 0.2) is 91.0 Å². The van der Waals surface area contributed by atoms with Gasteiger partial charge in [-0.2, -0.15) is 0 Å². The summed E-state index contributed by atoms with van der Waals surface area (Å²) in [6.07, 6.45) is 3.68. The number of benzene rings is 4. The van der Waals surface area contributed by atoms with Crippen LogP contribution in [-0.2, 0) is 16.8 Å². The summed E-state index contributed by atoms with van der Waals surface area (Å²) in [5, 5.41) is 1.82. The fourth-order valence-corrected chi connectivity index (χ4v) is 5.02. The molecular formula is C29H21NO3. The van der Waals surface area contributed by atoms with Crippen molar-refractivity contribution in [2.24, 2.45) is 0 Å². The number of hydrogen-bond donors (Lipinski definition) is 0. The number of hydrogen-bond acceptors (Lipinski definition) is 3. The molecule has 0 bridgehead atoms. The number of Topliss-reactive ketones (excluding diaryl/α,β-unsaturated/α-hetero) is 1. The molecule has 0 saturated heterocycles. The van der Waals surface area contributed by atoms with E-state index in [4.69, 9.17) is 4.74 Å². The number of nitrogens with zero attached hydrogens (tertiary/aromatic N) is 1. The van der Waals surface area contributed by atoms with Crippen molar-refractivity contribution in [2.75, 3.05) is 11.9 Å². The molecule has 4 aromatic rings. The Bertz CT molecular complexity index is 1470. The van der Waals surface area contributed by atoms with Crippen LogP contribution in [0.4, 0.5) is 5.69 Å². The molecular weight excluding hydrogens is 410 g/mol. The molecule has 0 fully saturated rings. The summed E-state index contributed by atoms with van der Waals surface area (Å²) in [5.41, 5.74) is 2.68. The number of anilines is 1. The van der Waals surface area contributed by atoms with Crippen LogP contribution in [0, 0.1) is 0 Å². The molecule has 0 aromatic heterocycles. The first-order chi connectivity index (χ1) is 16.1. The van der Waals surface area contributed by atoms with Crippen molar-refractivity contribution in [3.63, 3.8) is 0 Å². The van der Waals surface area contributed by atoms with Gasteiger partial charge in [0.05, 0.1) is 0 Å². The third-order valence-electron chi connectivity index (χ3n) is 6.69. The van der Waals surface area contributed by atoms with Gasteiger partial charge in [0.25, 0.3) is 0 Å². The first-order valence-electron chi connectivity index (χ1n) is 10.9. The Labute approximate surface area is 191 Å². The maximum Gasteiger partial charge on any atom is 0.249 e. The van der Waals surface area contributed by atoms with E-state index in [1.54, 1.807) is 24.1 Å². The molecule has 1 aliphatic carbocycles. The van der Waals surface area contributed by atoms with Crippen molar-refractivity contribution in [3.05, 3.63) is 113 Å². The second kappa shape index (κ2) is 7.17. The average molecular weight is 431 g/mol. The number of rotatable bonds is 3. The number of ketones is 1. The molecule has 6 rings (SSSR count). The van der Waals surface area contributed by atoms with E-state index in [2.05, 4.69) is 0 Å². The van der Waals surface area contributed by atoms with Crippen molar-refractivity contribution in [1.29, 1.82) is 0 Å². The summed E-state index contributed by atoms with van der Waals surface area (Å²) in [4.78, 5) is 29.0. The van der Waals surface area contributed by atoms with Gasteiger partial charge in [0, 0.05) is 23.9 Å². The van der Waals surface area contributed by atoms with Crippen molar-refractivity contribution in [3.8, 4) is 5.75 Å². The highest BCUT2D eigenvalue weighted by atomic mass is 16.5. The van der Waals surface area contributed by atoms with Gasteiger partial charge < -0.3 is 9.64 Å². The molecule has 1 heterocycles. The largest absolute Gasteiger partial charge is 0.489 e. The summed E-state index contributed by atoms with van der Waals surface area (Å²) in [6, 6.07) is 27.2. The fraction of sp³-hybridized carbons (Fsp3) is 0.103. The van der Waals surface area contributed by atoms with Crippen LogP contribution in [-0.4, -0.2) is 18.7 Å². The zero-order valence-electron chi connectivity index (χ0n) is 18.1. The number of likely N-dealkylation sites (N-methyl/N-ethyl adjacent to an activating group) is 1. The van der Waals surface area contributed by atoms with E-state index in [1.165, 1.54) is 0 Å². The van der Waals surface area contributed by atoms with Crippen LogP contribution in [0.1, 0.15) is 27.0 Å². The Morgan fingerprint density at radius 2 is 1.67 bits per heavy atom. The summed E-state index contributed by atoms with van der Waals surface area (Å²) < 4.78 is 6.01. The van der Waals surface area contributed by atoms with Gasteiger partial charge in [0.1, 0.15) is 12.4 Å². The minimum absolute atomic E-state index is 0.173. The lowest BCUT2D eigenvalue weighted by Crippen LogP contribution is -2.45. The van der Waals surface area contributed by atoms with E-state index in [0.29, 0.717) is 12.2 Å². The highest BCUT2D eigenvalue weighted by Crippen LogP contribution is 2.50.